The second-order valence-electron chi connectivity index (χ2n) is 5.49. The van der Waals surface area contributed by atoms with Gasteiger partial charge in [0.05, 0.1) is 16.8 Å². The summed E-state index contributed by atoms with van der Waals surface area (Å²) < 4.78 is 7.12. The molecule has 0 aliphatic heterocycles. The molecule has 3 aromatic rings. The highest BCUT2D eigenvalue weighted by molar-refractivity contribution is 7.22. The average Bonchev–Trinajstić information content (AvgIpc) is 2.87. The topological polar surface area (TPSA) is 34.2 Å². The summed E-state index contributed by atoms with van der Waals surface area (Å²) in [6, 6.07) is 12.5. The summed E-state index contributed by atoms with van der Waals surface area (Å²) in [6.45, 7) is 7.62. The lowest BCUT2D eigenvalue weighted by molar-refractivity contribution is 0.328. The first-order valence-corrected chi connectivity index (χ1v) is 8.25. The number of hydrogen-bond donors (Lipinski definition) is 1. The van der Waals surface area contributed by atoms with E-state index in [2.05, 4.69) is 67.5 Å². The molecular formula is C18H20N2OS. The van der Waals surface area contributed by atoms with E-state index in [1.807, 2.05) is 0 Å². The van der Waals surface area contributed by atoms with Crippen LogP contribution in [-0.2, 0) is 0 Å². The number of nitrogens with zero attached hydrogens (tertiary/aromatic N) is 1. The Balaban J connectivity index is 1.58. The number of aromatic nitrogens is 1. The van der Waals surface area contributed by atoms with E-state index in [1.165, 1.54) is 21.4 Å². The van der Waals surface area contributed by atoms with Crippen molar-refractivity contribution in [3.63, 3.8) is 0 Å². The van der Waals surface area contributed by atoms with Gasteiger partial charge in [-0.15, -0.1) is 0 Å². The van der Waals surface area contributed by atoms with E-state index in [0.717, 1.165) is 22.9 Å². The third kappa shape index (κ3) is 3.22. The summed E-state index contributed by atoms with van der Waals surface area (Å²) >= 11 is 1.69. The van der Waals surface area contributed by atoms with Crippen LogP contribution in [0.1, 0.15) is 16.7 Å². The molecule has 0 atom stereocenters. The van der Waals surface area contributed by atoms with Gasteiger partial charge in [-0.1, -0.05) is 35.6 Å². The van der Waals surface area contributed by atoms with E-state index in [-0.39, 0.29) is 0 Å². The maximum absolute atomic E-state index is 5.90. The Morgan fingerprint density at radius 3 is 2.64 bits per heavy atom. The maximum Gasteiger partial charge on any atom is 0.183 e. The molecule has 114 valence electrons. The molecule has 0 saturated heterocycles. The monoisotopic (exact) mass is 312 g/mol. The second-order valence-corrected chi connectivity index (χ2v) is 6.52. The molecule has 0 saturated carbocycles. The highest BCUT2D eigenvalue weighted by Gasteiger charge is 2.05. The normalized spacial score (nSPS) is 10.9. The molecule has 0 spiro atoms. The highest BCUT2D eigenvalue weighted by Crippen LogP contribution is 2.26. The summed E-state index contributed by atoms with van der Waals surface area (Å²) in [5.74, 6) is 0.990. The van der Waals surface area contributed by atoms with E-state index in [1.54, 1.807) is 11.3 Å². The van der Waals surface area contributed by atoms with Crippen LogP contribution in [0.4, 0.5) is 5.13 Å². The minimum atomic E-state index is 0.626. The fraction of sp³-hybridized carbons (Fsp3) is 0.278. The number of rotatable bonds is 5. The zero-order valence-electron chi connectivity index (χ0n) is 13.1. The van der Waals surface area contributed by atoms with Gasteiger partial charge in [-0.05, 0) is 49.6 Å². The van der Waals surface area contributed by atoms with Crippen LogP contribution in [-0.4, -0.2) is 18.1 Å². The summed E-state index contributed by atoms with van der Waals surface area (Å²) in [4.78, 5) is 4.59. The summed E-state index contributed by atoms with van der Waals surface area (Å²) in [5.41, 5.74) is 4.67. The summed E-state index contributed by atoms with van der Waals surface area (Å²) in [6.07, 6.45) is 0. The third-order valence-electron chi connectivity index (χ3n) is 3.58. The Morgan fingerprint density at radius 1 is 1.09 bits per heavy atom. The van der Waals surface area contributed by atoms with E-state index in [4.69, 9.17) is 4.74 Å². The Labute approximate surface area is 135 Å². The van der Waals surface area contributed by atoms with Crippen molar-refractivity contribution in [1.29, 1.82) is 0 Å². The summed E-state index contributed by atoms with van der Waals surface area (Å²) in [7, 11) is 0. The average molecular weight is 312 g/mol. The Bertz CT molecular complexity index is 775. The molecule has 0 radical (unpaired) electrons. The summed E-state index contributed by atoms with van der Waals surface area (Å²) in [5, 5.41) is 4.29. The molecule has 1 heterocycles. The predicted octanol–water partition coefficient (Wildman–Crippen LogP) is 4.71. The first-order chi connectivity index (χ1) is 10.6. The van der Waals surface area contributed by atoms with Gasteiger partial charge in [0.2, 0.25) is 0 Å². The number of thiazole rings is 1. The zero-order chi connectivity index (χ0) is 15.5. The van der Waals surface area contributed by atoms with Crippen molar-refractivity contribution >= 4 is 26.7 Å². The lowest BCUT2D eigenvalue weighted by Gasteiger charge is -2.11. The number of hydrogen-bond acceptors (Lipinski definition) is 4. The first kappa shape index (κ1) is 14.9. The maximum atomic E-state index is 5.90. The van der Waals surface area contributed by atoms with Crippen molar-refractivity contribution in [2.45, 2.75) is 20.8 Å². The van der Waals surface area contributed by atoms with Gasteiger partial charge in [0.1, 0.15) is 12.4 Å². The van der Waals surface area contributed by atoms with Gasteiger partial charge < -0.3 is 10.1 Å². The van der Waals surface area contributed by atoms with Crippen LogP contribution in [0.25, 0.3) is 10.2 Å². The minimum absolute atomic E-state index is 0.626. The second kappa shape index (κ2) is 6.36. The van der Waals surface area contributed by atoms with Crippen LogP contribution in [0.5, 0.6) is 5.75 Å². The van der Waals surface area contributed by atoms with Gasteiger partial charge in [-0.3, -0.25) is 0 Å². The van der Waals surface area contributed by atoms with Gasteiger partial charge in [-0.2, -0.15) is 0 Å². The zero-order valence-corrected chi connectivity index (χ0v) is 14.0. The van der Waals surface area contributed by atoms with Crippen molar-refractivity contribution < 1.29 is 4.74 Å². The Morgan fingerprint density at radius 2 is 1.86 bits per heavy atom. The molecule has 1 N–H and O–H groups in total. The van der Waals surface area contributed by atoms with Crippen molar-refractivity contribution in [2.75, 3.05) is 18.5 Å². The molecule has 2 aromatic carbocycles. The van der Waals surface area contributed by atoms with Gasteiger partial charge in [0.25, 0.3) is 0 Å². The van der Waals surface area contributed by atoms with E-state index >= 15 is 0 Å². The number of benzene rings is 2. The number of anilines is 1. The highest BCUT2D eigenvalue weighted by atomic mass is 32.1. The SMILES string of the molecule is Cc1ccc2nc(NCCOc3c(C)cccc3C)sc2c1. The van der Waals surface area contributed by atoms with E-state index < -0.39 is 0 Å². The van der Waals surface area contributed by atoms with E-state index in [9.17, 15) is 0 Å². The largest absolute Gasteiger partial charge is 0.491 e. The van der Waals surface area contributed by atoms with Crippen molar-refractivity contribution in [3.8, 4) is 5.75 Å². The molecule has 0 aliphatic rings. The molecule has 0 unspecified atom stereocenters. The molecule has 0 fully saturated rings. The fourth-order valence-electron chi connectivity index (χ4n) is 2.45. The molecule has 22 heavy (non-hydrogen) atoms. The number of nitrogens with one attached hydrogen (secondary N) is 1. The van der Waals surface area contributed by atoms with Gasteiger partial charge in [-0.25, -0.2) is 4.98 Å². The lowest BCUT2D eigenvalue weighted by Crippen LogP contribution is -2.12. The van der Waals surface area contributed by atoms with Crippen LogP contribution in [0.2, 0.25) is 0 Å². The van der Waals surface area contributed by atoms with Crippen LogP contribution >= 0.6 is 11.3 Å². The molecule has 0 aliphatic carbocycles. The molecule has 1 aromatic heterocycles. The van der Waals surface area contributed by atoms with Crippen LogP contribution in [0.15, 0.2) is 36.4 Å². The van der Waals surface area contributed by atoms with Crippen LogP contribution in [0.3, 0.4) is 0 Å². The molecule has 4 heteroatoms. The minimum Gasteiger partial charge on any atom is -0.491 e. The number of ether oxygens (including phenoxy) is 1. The Hall–Kier alpha value is -2.07. The Kier molecular flexibility index (Phi) is 4.29. The third-order valence-corrected chi connectivity index (χ3v) is 4.55. The van der Waals surface area contributed by atoms with Crippen LogP contribution < -0.4 is 10.1 Å². The standard InChI is InChI=1S/C18H20N2OS/c1-12-7-8-15-16(11-12)22-18(20-15)19-9-10-21-17-13(2)5-4-6-14(17)3/h4-8,11H,9-10H2,1-3H3,(H,19,20). The smallest absolute Gasteiger partial charge is 0.183 e. The van der Waals surface area contributed by atoms with Gasteiger partial charge in [0.15, 0.2) is 5.13 Å². The fourth-order valence-corrected chi connectivity index (χ4v) is 3.43. The van der Waals surface area contributed by atoms with Crippen LogP contribution in [0, 0.1) is 20.8 Å². The van der Waals surface area contributed by atoms with Crippen molar-refractivity contribution in [2.24, 2.45) is 0 Å². The number of aryl methyl sites for hydroxylation is 3. The molecule has 0 bridgehead atoms. The molecule has 0 amide bonds. The van der Waals surface area contributed by atoms with Crippen molar-refractivity contribution in [3.05, 3.63) is 53.1 Å². The number of para-hydroxylation sites is 1. The van der Waals surface area contributed by atoms with Crippen molar-refractivity contribution in [1.82, 2.24) is 4.98 Å². The van der Waals surface area contributed by atoms with Gasteiger partial charge >= 0.3 is 0 Å². The predicted molar refractivity (Wildman–Crippen MR) is 94.3 cm³/mol. The first-order valence-electron chi connectivity index (χ1n) is 7.43. The number of fused-ring (bicyclic) bond motifs is 1. The quantitative estimate of drug-likeness (QED) is 0.693. The lowest BCUT2D eigenvalue weighted by atomic mass is 10.1. The molecular weight excluding hydrogens is 292 g/mol. The molecule has 3 rings (SSSR count). The molecule has 3 nitrogen and oxygen atoms in total. The van der Waals surface area contributed by atoms with Gasteiger partial charge in [0, 0.05) is 0 Å². The van der Waals surface area contributed by atoms with E-state index in [0.29, 0.717) is 6.61 Å².